The number of piperazine rings is 1. The van der Waals surface area contributed by atoms with Crippen molar-refractivity contribution in [1.29, 1.82) is 0 Å². The topological polar surface area (TPSA) is 31.6 Å². The molecule has 1 N–H and O–H groups in total. The molecule has 0 radical (unpaired) electrons. The molecule has 4 nitrogen and oxygen atoms in total. The molecular weight excluding hydrogens is 226 g/mol. The number of rotatable bonds is 4. The van der Waals surface area contributed by atoms with E-state index in [0.29, 0.717) is 6.04 Å². The molecule has 18 heavy (non-hydrogen) atoms. The van der Waals surface area contributed by atoms with E-state index in [1.165, 1.54) is 0 Å². The third kappa shape index (κ3) is 3.57. The summed E-state index contributed by atoms with van der Waals surface area (Å²) in [6, 6.07) is 4.56. The minimum atomic E-state index is 0.176. The van der Waals surface area contributed by atoms with Gasteiger partial charge in [-0.25, -0.2) is 0 Å². The first-order valence-electron chi connectivity index (χ1n) is 6.62. The lowest BCUT2D eigenvalue weighted by atomic mass is 9.98. The molecule has 1 atom stereocenters. The monoisotopic (exact) mass is 251 g/mol. The van der Waals surface area contributed by atoms with Crippen molar-refractivity contribution in [2.75, 3.05) is 33.7 Å². The number of hydrogen-bond acceptors (Lipinski definition) is 4. The molecular formula is C14H25N3O. The average molecular weight is 251 g/mol. The van der Waals surface area contributed by atoms with E-state index in [9.17, 15) is 0 Å². The van der Waals surface area contributed by atoms with Gasteiger partial charge in [0, 0.05) is 31.2 Å². The molecule has 1 saturated heterocycles. The van der Waals surface area contributed by atoms with Gasteiger partial charge in [-0.1, -0.05) is 0 Å². The predicted molar refractivity (Wildman–Crippen MR) is 73.5 cm³/mol. The van der Waals surface area contributed by atoms with E-state index in [4.69, 9.17) is 4.42 Å². The van der Waals surface area contributed by atoms with E-state index >= 15 is 0 Å². The van der Waals surface area contributed by atoms with Crippen LogP contribution in [-0.2, 0) is 6.54 Å². The quantitative estimate of drug-likeness (QED) is 0.876. The van der Waals surface area contributed by atoms with Crippen molar-refractivity contribution in [1.82, 2.24) is 15.1 Å². The molecule has 2 heterocycles. The molecule has 0 aromatic carbocycles. The van der Waals surface area contributed by atoms with Crippen LogP contribution < -0.4 is 5.32 Å². The highest BCUT2D eigenvalue weighted by Gasteiger charge is 2.32. The molecule has 102 valence electrons. The van der Waals surface area contributed by atoms with Crippen molar-refractivity contribution in [3.05, 3.63) is 24.2 Å². The second-order valence-corrected chi connectivity index (χ2v) is 6.17. The standard InChI is InChI=1S/C14H25N3O/c1-14(2)11-17(10-13-6-5-7-18-13)12(8-15-14)9-16(3)4/h5-7,12,15H,8-11H2,1-4H3. The predicted octanol–water partition coefficient (Wildman–Crippen LogP) is 1.39. The Morgan fingerprint density at radius 3 is 2.89 bits per heavy atom. The summed E-state index contributed by atoms with van der Waals surface area (Å²) in [4.78, 5) is 4.77. The zero-order valence-corrected chi connectivity index (χ0v) is 11.9. The van der Waals surface area contributed by atoms with Crippen LogP contribution in [0.25, 0.3) is 0 Å². The lowest BCUT2D eigenvalue weighted by Gasteiger charge is -2.45. The van der Waals surface area contributed by atoms with Crippen LogP contribution in [0.2, 0.25) is 0 Å². The van der Waals surface area contributed by atoms with Crippen LogP contribution in [0, 0.1) is 0 Å². The summed E-state index contributed by atoms with van der Waals surface area (Å²) in [6.45, 7) is 8.57. The van der Waals surface area contributed by atoms with Crippen LogP contribution in [0.15, 0.2) is 22.8 Å². The highest BCUT2D eigenvalue weighted by atomic mass is 16.3. The van der Waals surface area contributed by atoms with Crippen LogP contribution >= 0.6 is 0 Å². The number of nitrogens with one attached hydrogen (secondary N) is 1. The van der Waals surface area contributed by atoms with Gasteiger partial charge in [0.2, 0.25) is 0 Å². The highest BCUT2D eigenvalue weighted by molar-refractivity contribution is 5.01. The molecule has 0 aliphatic carbocycles. The van der Waals surface area contributed by atoms with Crippen LogP contribution in [0.5, 0.6) is 0 Å². The third-order valence-electron chi connectivity index (χ3n) is 3.45. The number of furan rings is 1. The minimum absolute atomic E-state index is 0.176. The Morgan fingerprint density at radius 2 is 2.28 bits per heavy atom. The molecule has 0 saturated carbocycles. The summed E-state index contributed by atoms with van der Waals surface area (Å²) in [7, 11) is 4.26. The summed E-state index contributed by atoms with van der Waals surface area (Å²) in [6.07, 6.45) is 1.75. The van der Waals surface area contributed by atoms with Crippen molar-refractivity contribution in [3.63, 3.8) is 0 Å². The van der Waals surface area contributed by atoms with Gasteiger partial charge in [0.15, 0.2) is 0 Å². The number of hydrogen-bond donors (Lipinski definition) is 1. The molecule has 4 heteroatoms. The van der Waals surface area contributed by atoms with Gasteiger partial charge in [-0.3, -0.25) is 4.90 Å². The first kappa shape index (κ1) is 13.6. The van der Waals surface area contributed by atoms with Crippen molar-refractivity contribution in [3.8, 4) is 0 Å². The molecule has 1 unspecified atom stereocenters. The number of nitrogens with zero attached hydrogens (tertiary/aromatic N) is 2. The minimum Gasteiger partial charge on any atom is -0.468 e. The van der Waals surface area contributed by atoms with Gasteiger partial charge in [0.05, 0.1) is 12.8 Å². The van der Waals surface area contributed by atoms with Crippen molar-refractivity contribution < 1.29 is 4.42 Å². The van der Waals surface area contributed by atoms with Gasteiger partial charge in [-0.05, 0) is 40.1 Å². The summed E-state index contributed by atoms with van der Waals surface area (Å²) >= 11 is 0. The van der Waals surface area contributed by atoms with Crippen LogP contribution in [-0.4, -0.2) is 55.1 Å². The molecule has 1 aromatic rings. The maximum atomic E-state index is 5.48. The van der Waals surface area contributed by atoms with E-state index in [-0.39, 0.29) is 5.54 Å². The van der Waals surface area contributed by atoms with Crippen molar-refractivity contribution in [2.45, 2.75) is 32.0 Å². The van der Waals surface area contributed by atoms with Gasteiger partial charge in [-0.2, -0.15) is 0 Å². The fourth-order valence-electron chi connectivity index (χ4n) is 2.61. The molecule has 1 aliphatic heterocycles. The SMILES string of the molecule is CN(C)CC1CNC(C)(C)CN1Cc1ccco1. The second kappa shape index (κ2) is 5.43. The maximum absolute atomic E-state index is 5.48. The zero-order valence-electron chi connectivity index (χ0n) is 11.9. The summed E-state index contributed by atoms with van der Waals surface area (Å²) in [5, 5.41) is 3.62. The highest BCUT2D eigenvalue weighted by Crippen LogP contribution is 2.18. The molecule has 1 aromatic heterocycles. The maximum Gasteiger partial charge on any atom is 0.117 e. The molecule has 1 aliphatic rings. The van der Waals surface area contributed by atoms with Crippen LogP contribution in [0.4, 0.5) is 0 Å². The smallest absolute Gasteiger partial charge is 0.117 e. The first-order valence-corrected chi connectivity index (χ1v) is 6.62. The Balaban J connectivity index is 2.04. The zero-order chi connectivity index (χ0) is 13.2. The van der Waals surface area contributed by atoms with E-state index in [0.717, 1.165) is 31.9 Å². The summed E-state index contributed by atoms with van der Waals surface area (Å²) < 4.78 is 5.48. The molecule has 0 amide bonds. The van der Waals surface area contributed by atoms with E-state index in [1.807, 2.05) is 6.07 Å². The van der Waals surface area contributed by atoms with Gasteiger partial charge >= 0.3 is 0 Å². The van der Waals surface area contributed by atoms with E-state index < -0.39 is 0 Å². The lowest BCUT2D eigenvalue weighted by Crippen LogP contribution is -2.63. The third-order valence-corrected chi connectivity index (χ3v) is 3.45. The van der Waals surface area contributed by atoms with E-state index in [1.54, 1.807) is 6.26 Å². The van der Waals surface area contributed by atoms with Crippen molar-refractivity contribution in [2.24, 2.45) is 0 Å². The fraction of sp³-hybridized carbons (Fsp3) is 0.714. The van der Waals surface area contributed by atoms with E-state index in [2.05, 4.69) is 49.1 Å². The summed E-state index contributed by atoms with van der Waals surface area (Å²) in [5.41, 5.74) is 0.176. The molecule has 0 bridgehead atoms. The van der Waals surface area contributed by atoms with Crippen LogP contribution in [0.3, 0.4) is 0 Å². The van der Waals surface area contributed by atoms with Crippen molar-refractivity contribution >= 4 is 0 Å². The van der Waals surface area contributed by atoms with Crippen LogP contribution in [0.1, 0.15) is 19.6 Å². The normalized spacial score (nSPS) is 24.6. The Labute approximate surface area is 110 Å². The number of likely N-dealkylation sites (N-methyl/N-ethyl adjacent to an activating group) is 1. The average Bonchev–Trinajstić information content (AvgIpc) is 2.74. The molecule has 1 fully saturated rings. The Bertz CT molecular complexity index is 359. The fourth-order valence-corrected chi connectivity index (χ4v) is 2.61. The first-order chi connectivity index (χ1) is 8.46. The second-order valence-electron chi connectivity index (χ2n) is 6.17. The molecule has 2 rings (SSSR count). The van der Waals surface area contributed by atoms with Gasteiger partial charge in [-0.15, -0.1) is 0 Å². The largest absolute Gasteiger partial charge is 0.468 e. The van der Waals surface area contributed by atoms with Gasteiger partial charge < -0.3 is 14.6 Å². The lowest BCUT2D eigenvalue weighted by molar-refractivity contribution is 0.0664. The molecule has 0 spiro atoms. The van der Waals surface area contributed by atoms with Gasteiger partial charge in [0.25, 0.3) is 0 Å². The summed E-state index contributed by atoms with van der Waals surface area (Å²) in [5.74, 6) is 1.05. The van der Waals surface area contributed by atoms with Gasteiger partial charge in [0.1, 0.15) is 5.76 Å². The Hall–Kier alpha value is -0.840. The Morgan fingerprint density at radius 1 is 1.50 bits per heavy atom. The Kier molecular flexibility index (Phi) is 4.10.